The molecule has 1 N–H and O–H groups in total. The van der Waals surface area contributed by atoms with E-state index in [-0.39, 0.29) is 6.54 Å². The van der Waals surface area contributed by atoms with Crippen LogP contribution in [-0.4, -0.2) is 41.6 Å². The van der Waals surface area contributed by atoms with Crippen molar-refractivity contribution in [2.24, 2.45) is 0 Å². The molecule has 8 heteroatoms. The maximum atomic E-state index is 11.4. The molecule has 0 saturated carbocycles. The van der Waals surface area contributed by atoms with E-state index in [4.69, 9.17) is 5.11 Å². The van der Waals surface area contributed by atoms with Crippen LogP contribution in [0.25, 0.3) is 0 Å². The molecule has 0 atom stereocenters. The van der Waals surface area contributed by atoms with Crippen LogP contribution < -0.4 is 0 Å². The molecular weight excluding hydrogens is 240 g/mol. The molecule has 0 aliphatic carbocycles. The van der Waals surface area contributed by atoms with E-state index < -0.39 is 21.7 Å². The van der Waals surface area contributed by atoms with Crippen molar-refractivity contribution in [1.29, 1.82) is 0 Å². The maximum Gasteiger partial charge on any atom is 0.320 e. The maximum absolute atomic E-state index is 11.4. The molecule has 0 aliphatic rings. The van der Waals surface area contributed by atoms with Crippen molar-refractivity contribution in [3.63, 3.8) is 0 Å². The third-order valence-corrected chi connectivity index (χ3v) is 3.97. The number of thiazole rings is 1. The number of aromatic nitrogens is 1. The minimum Gasteiger partial charge on any atom is -0.480 e. The van der Waals surface area contributed by atoms with Gasteiger partial charge in [0, 0.05) is 12.4 Å². The Balaban J connectivity index is 2.68. The fourth-order valence-corrected chi connectivity index (χ4v) is 2.32. The fraction of sp³-hybridized carbons (Fsp3) is 0.429. The van der Waals surface area contributed by atoms with Gasteiger partial charge in [0.2, 0.25) is 10.0 Å². The molecular formula is C7H10N2O4S2. The van der Waals surface area contributed by atoms with Gasteiger partial charge in [0.05, 0.1) is 17.7 Å². The summed E-state index contributed by atoms with van der Waals surface area (Å²) >= 11 is 1.36. The summed E-state index contributed by atoms with van der Waals surface area (Å²) < 4.78 is 23.8. The summed E-state index contributed by atoms with van der Waals surface area (Å²) in [6, 6.07) is 0. The number of carboxylic acids is 1. The normalized spacial score (nSPS) is 11.9. The van der Waals surface area contributed by atoms with Crippen LogP contribution in [0.3, 0.4) is 0 Å². The first kappa shape index (κ1) is 12.1. The second-order valence-corrected chi connectivity index (χ2v) is 5.68. The number of sulfonamides is 1. The van der Waals surface area contributed by atoms with Crippen LogP contribution in [0.1, 0.15) is 5.69 Å². The summed E-state index contributed by atoms with van der Waals surface area (Å²) in [5.41, 5.74) is 2.20. The van der Waals surface area contributed by atoms with E-state index in [0.29, 0.717) is 5.69 Å². The first-order chi connectivity index (χ1) is 6.92. The van der Waals surface area contributed by atoms with Crippen molar-refractivity contribution in [3.05, 3.63) is 16.6 Å². The van der Waals surface area contributed by atoms with Gasteiger partial charge >= 0.3 is 5.97 Å². The molecule has 6 nitrogen and oxygen atoms in total. The number of rotatable bonds is 5. The Morgan fingerprint density at radius 1 is 1.67 bits per heavy atom. The summed E-state index contributed by atoms with van der Waals surface area (Å²) in [5.74, 6) is -2.26. The van der Waals surface area contributed by atoms with Crippen molar-refractivity contribution < 1.29 is 18.3 Å². The first-order valence-electron chi connectivity index (χ1n) is 3.94. The number of nitrogens with zero attached hydrogens (tertiary/aromatic N) is 2. The minimum atomic E-state index is -3.74. The van der Waals surface area contributed by atoms with E-state index in [0.717, 1.165) is 4.31 Å². The number of carboxylic acid groups (broad SMARTS) is 1. The quantitative estimate of drug-likeness (QED) is 0.794. The molecule has 1 aromatic rings. The molecule has 0 fully saturated rings. The van der Waals surface area contributed by atoms with Gasteiger partial charge in [-0.15, -0.1) is 11.3 Å². The molecule has 0 amide bonds. The van der Waals surface area contributed by atoms with Crippen molar-refractivity contribution in [2.45, 2.75) is 6.54 Å². The van der Waals surface area contributed by atoms with Gasteiger partial charge < -0.3 is 5.11 Å². The molecule has 1 aromatic heterocycles. The zero-order valence-corrected chi connectivity index (χ0v) is 9.58. The lowest BCUT2D eigenvalue weighted by atomic mass is 10.5. The Labute approximate surface area is 91.2 Å². The Morgan fingerprint density at radius 2 is 2.33 bits per heavy atom. The summed E-state index contributed by atoms with van der Waals surface area (Å²) in [6.07, 6.45) is 0. The summed E-state index contributed by atoms with van der Waals surface area (Å²) in [5, 5.41) is 10.1. The van der Waals surface area contributed by atoms with Gasteiger partial charge in [-0.3, -0.25) is 4.79 Å². The predicted octanol–water partition coefficient (Wildman–Crippen LogP) is -0.0107. The average molecular weight is 250 g/mol. The predicted molar refractivity (Wildman–Crippen MR) is 55.0 cm³/mol. The Bertz CT molecular complexity index is 426. The highest BCUT2D eigenvalue weighted by atomic mass is 32.2. The van der Waals surface area contributed by atoms with E-state index >= 15 is 0 Å². The molecule has 0 aromatic carbocycles. The molecule has 84 valence electrons. The Hall–Kier alpha value is -0.990. The molecule has 1 heterocycles. The van der Waals surface area contributed by atoms with Gasteiger partial charge in [0.25, 0.3) is 0 Å². The standard InChI is InChI=1S/C7H10N2O4S2/c1-9(2-6-3-14-5-8-6)15(12,13)4-7(10)11/h3,5H,2,4H2,1H3,(H,10,11). The van der Waals surface area contributed by atoms with E-state index in [1.165, 1.54) is 18.4 Å². The molecule has 0 aliphatic heterocycles. The number of hydrogen-bond acceptors (Lipinski definition) is 5. The first-order valence-corrected chi connectivity index (χ1v) is 6.50. The van der Waals surface area contributed by atoms with Crippen molar-refractivity contribution >= 4 is 27.3 Å². The third kappa shape index (κ3) is 3.57. The van der Waals surface area contributed by atoms with Crippen LogP contribution in [0.4, 0.5) is 0 Å². The van der Waals surface area contributed by atoms with E-state index in [1.54, 1.807) is 10.9 Å². The minimum absolute atomic E-state index is 0.0963. The summed E-state index contributed by atoms with van der Waals surface area (Å²) in [7, 11) is -2.41. The zero-order chi connectivity index (χ0) is 11.5. The van der Waals surface area contributed by atoms with Crippen molar-refractivity contribution in [3.8, 4) is 0 Å². The van der Waals surface area contributed by atoms with Crippen molar-refractivity contribution in [2.75, 3.05) is 12.8 Å². The van der Waals surface area contributed by atoms with Crippen LogP contribution in [0.15, 0.2) is 10.9 Å². The Morgan fingerprint density at radius 3 is 2.80 bits per heavy atom. The van der Waals surface area contributed by atoms with Crippen LogP contribution in [0.2, 0.25) is 0 Å². The van der Waals surface area contributed by atoms with Crippen LogP contribution in [-0.2, 0) is 21.4 Å². The summed E-state index contributed by atoms with van der Waals surface area (Å²) in [4.78, 5) is 14.2. The molecule has 0 bridgehead atoms. The van der Waals surface area contributed by atoms with Gasteiger partial charge in [-0.2, -0.15) is 4.31 Å². The van der Waals surface area contributed by atoms with Crippen LogP contribution >= 0.6 is 11.3 Å². The SMILES string of the molecule is CN(Cc1cscn1)S(=O)(=O)CC(=O)O. The number of carbonyl (C=O) groups is 1. The van der Waals surface area contributed by atoms with Gasteiger partial charge in [0.1, 0.15) is 0 Å². The van der Waals surface area contributed by atoms with Gasteiger partial charge in [-0.05, 0) is 0 Å². The highest BCUT2D eigenvalue weighted by molar-refractivity contribution is 7.89. The highest BCUT2D eigenvalue weighted by Crippen LogP contribution is 2.07. The topological polar surface area (TPSA) is 87.6 Å². The zero-order valence-electron chi connectivity index (χ0n) is 7.95. The highest BCUT2D eigenvalue weighted by Gasteiger charge is 2.22. The lowest BCUT2D eigenvalue weighted by molar-refractivity contribution is -0.134. The third-order valence-electron chi connectivity index (χ3n) is 1.65. The second-order valence-electron chi connectivity index (χ2n) is 2.89. The van der Waals surface area contributed by atoms with E-state index in [2.05, 4.69) is 4.98 Å². The van der Waals surface area contributed by atoms with Gasteiger partial charge in [-0.1, -0.05) is 0 Å². The largest absolute Gasteiger partial charge is 0.480 e. The molecule has 0 saturated heterocycles. The van der Waals surface area contributed by atoms with Crippen LogP contribution in [0.5, 0.6) is 0 Å². The number of aliphatic carboxylic acids is 1. The van der Waals surface area contributed by atoms with Crippen LogP contribution in [0, 0.1) is 0 Å². The monoisotopic (exact) mass is 250 g/mol. The number of hydrogen-bond donors (Lipinski definition) is 1. The lowest BCUT2D eigenvalue weighted by Crippen LogP contribution is -2.31. The average Bonchev–Trinajstić information content (AvgIpc) is 2.54. The molecule has 0 unspecified atom stereocenters. The lowest BCUT2D eigenvalue weighted by Gasteiger charge is -2.13. The summed E-state index contributed by atoms with van der Waals surface area (Å²) in [6.45, 7) is 0.0963. The molecule has 0 spiro atoms. The second kappa shape index (κ2) is 4.69. The van der Waals surface area contributed by atoms with Gasteiger partial charge in [-0.25, -0.2) is 13.4 Å². The van der Waals surface area contributed by atoms with E-state index in [9.17, 15) is 13.2 Å². The Kier molecular flexibility index (Phi) is 3.77. The molecule has 0 radical (unpaired) electrons. The molecule has 1 rings (SSSR count). The molecule has 15 heavy (non-hydrogen) atoms. The van der Waals surface area contributed by atoms with Gasteiger partial charge in [0.15, 0.2) is 5.75 Å². The van der Waals surface area contributed by atoms with Crippen molar-refractivity contribution in [1.82, 2.24) is 9.29 Å². The smallest absolute Gasteiger partial charge is 0.320 e. The van der Waals surface area contributed by atoms with E-state index in [1.807, 2.05) is 0 Å². The fourth-order valence-electron chi connectivity index (χ4n) is 0.908.